The summed E-state index contributed by atoms with van der Waals surface area (Å²) in [5.74, 6) is -0.0625. The Hall–Kier alpha value is -2.49. The molecule has 1 heterocycles. The third-order valence-corrected chi connectivity index (χ3v) is 3.87. The number of aliphatic hydroxyl groups excluding tert-OH is 1. The van der Waals surface area contributed by atoms with E-state index >= 15 is 0 Å². The Morgan fingerprint density at radius 1 is 1.07 bits per heavy atom. The van der Waals surface area contributed by atoms with Crippen LogP contribution in [0.4, 0.5) is 0 Å². The van der Waals surface area contributed by atoms with Gasteiger partial charge in [-0.1, -0.05) is 36.1 Å². The number of hydrogen-bond donors (Lipinski definition) is 1. The molecule has 0 atom stereocenters. The molecule has 4 nitrogen and oxygen atoms in total. The van der Waals surface area contributed by atoms with Gasteiger partial charge in [-0.15, -0.1) is 17.7 Å². The molecule has 0 fully saturated rings. The minimum atomic E-state index is -0.125. The van der Waals surface area contributed by atoms with Gasteiger partial charge in [-0.3, -0.25) is 9.78 Å². The van der Waals surface area contributed by atoms with E-state index in [1.54, 1.807) is 12.4 Å². The fourth-order valence-corrected chi connectivity index (χ4v) is 2.98. The van der Waals surface area contributed by atoms with Crippen LogP contribution in [0, 0.1) is 21.3 Å². The monoisotopic (exact) mass is 554 g/mol. The van der Waals surface area contributed by atoms with Gasteiger partial charge in [0.1, 0.15) is 0 Å². The molecule has 0 saturated heterocycles. The Kier molecular flexibility index (Phi) is 10.4. The molecule has 5 heteroatoms. The fraction of sp³-hybridized carbons (Fsp3) is 0.130. The van der Waals surface area contributed by atoms with E-state index in [1.165, 1.54) is 41.8 Å². The van der Waals surface area contributed by atoms with Crippen LogP contribution < -0.4 is 0 Å². The molecule has 1 aliphatic rings. The number of rotatable bonds is 1. The van der Waals surface area contributed by atoms with Gasteiger partial charge in [-0.2, -0.15) is 12.0 Å². The zero-order valence-corrected chi connectivity index (χ0v) is 19.0. The summed E-state index contributed by atoms with van der Waals surface area (Å²) in [5, 5.41) is 10.8. The Morgan fingerprint density at radius 2 is 1.68 bits per heavy atom. The van der Waals surface area contributed by atoms with Crippen LogP contribution in [0.25, 0.3) is 27.9 Å². The first kappa shape index (κ1) is 25.5. The topological polar surface area (TPSA) is 63.1 Å². The number of benzene rings is 2. The molecule has 1 aromatic heterocycles. The Morgan fingerprint density at radius 3 is 2.25 bits per heavy atom. The molecular weight excluding hydrogens is 528 g/mol. The molecular formula is C23H25IrN2O2. The van der Waals surface area contributed by atoms with E-state index in [0.29, 0.717) is 0 Å². The van der Waals surface area contributed by atoms with Gasteiger partial charge in [-0.25, -0.2) is 0 Å². The summed E-state index contributed by atoms with van der Waals surface area (Å²) in [4.78, 5) is 19.0. The van der Waals surface area contributed by atoms with Crippen molar-refractivity contribution < 1.29 is 30.0 Å². The van der Waals surface area contributed by atoms with E-state index in [1.807, 2.05) is 0 Å². The van der Waals surface area contributed by atoms with Crippen molar-refractivity contribution in [3.05, 3.63) is 87.0 Å². The van der Waals surface area contributed by atoms with E-state index in [9.17, 15) is 4.79 Å². The number of fused-ring (bicyclic) bond motifs is 6. The van der Waals surface area contributed by atoms with Gasteiger partial charge in [0.05, 0.1) is 5.76 Å². The van der Waals surface area contributed by atoms with Crippen LogP contribution in [-0.2, 0) is 24.9 Å². The van der Waals surface area contributed by atoms with Gasteiger partial charge in [0.2, 0.25) is 0 Å². The number of hydrogen-bond acceptors (Lipinski definition) is 4. The molecule has 0 aliphatic heterocycles. The molecule has 28 heavy (non-hydrogen) atoms. The molecule has 0 unspecified atom stereocenters. The van der Waals surface area contributed by atoms with Crippen LogP contribution in [0.1, 0.15) is 31.4 Å². The maximum absolute atomic E-state index is 10.0. The van der Waals surface area contributed by atoms with Crippen molar-refractivity contribution in [3.63, 3.8) is 0 Å². The molecule has 0 spiro atoms. The van der Waals surface area contributed by atoms with Crippen molar-refractivity contribution in [2.24, 2.45) is 0 Å². The molecule has 2 aromatic carbocycles. The molecule has 3 aromatic rings. The van der Waals surface area contributed by atoms with Crippen molar-refractivity contribution in [3.8, 4) is 0 Å². The summed E-state index contributed by atoms with van der Waals surface area (Å²) in [6, 6.07) is 8.41. The summed E-state index contributed by atoms with van der Waals surface area (Å²) in [6.45, 7) is 2.85. The van der Waals surface area contributed by atoms with E-state index in [2.05, 4.69) is 52.8 Å². The van der Waals surface area contributed by atoms with Gasteiger partial charge < -0.3 is 24.9 Å². The first-order valence-electron chi connectivity index (χ1n) is 8.11. The third-order valence-electron chi connectivity index (χ3n) is 3.87. The number of ketones is 1. The number of aromatic nitrogens is 2. The predicted octanol–water partition coefficient (Wildman–Crippen LogP) is 5.69. The fourth-order valence-electron chi connectivity index (χ4n) is 2.98. The summed E-state index contributed by atoms with van der Waals surface area (Å²) in [5.41, 5.74) is 4.50. The molecule has 0 bridgehead atoms. The number of carbonyl (C=O) groups is 1. The Labute approximate surface area is 180 Å². The molecule has 0 amide bonds. The zero-order chi connectivity index (χ0) is 17.8. The van der Waals surface area contributed by atoms with Gasteiger partial charge in [0, 0.05) is 24.0 Å². The Bertz CT molecular complexity index is 1010. The standard InChI is InChI=1S/C16H11N2.C5H8O2.2CH3.Ir/c1-3-7-13-11(5-1)12-6-2-4-8-14(12)16-15(13)17-9-10-18-16;1-4(6)3-5(2)7;;;/h1-3,5-10H,4H2;3,6H,1-2H3;2*1H3;/q-1;;2*-1;+3/b;4-3-;;;. The first-order chi connectivity index (χ1) is 12.1. The van der Waals surface area contributed by atoms with Crippen LogP contribution >= 0.6 is 0 Å². The molecule has 0 radical (unpaired) electrons. The van der Waals surface area contributed by atoms with Crippen molar-refractivity contribution in [2.45, 2.75) is 20.3 Å². The number of aliphatic hydroxyl groups is 1. The van der Waals surface area contributed by atoms with Crippen LogP contribution in [-0.4, -0.2) is 20.9 Å². The van der Waals surface area contributed by atoms with Crippen molar-refractivity contribution >= 4 is 33.7 Å². The maximum Gasteiger partial charge on any atom is 3.00 e. The average Bonchev–Trinajstić information content (AvgIpc) is 2.61. The Balaban J connectivity index is 0.000000644. The molecule has 4 rings (SSSR count). The predicted molar refractivity (Wildman–Crippen MR) is 114 cm³/mol. The summed E-state index contributed by atoms with van der Waals surface area (Å²) < 4.78 is 0. The second-order valence-electron chi connectivity index (χ2n) is 5.87. The number of nitrogens with zero attached hydrogens (tertiary/aromatic N) is 2. The third kappa shape index (κ3) is 5.51. The normalized spacial score (nSPS) is 11.6. The quantitative estimate of drug-likeness (QED) is 0.182. The van der Waals surface area contributed by atoms with E-state index in [0.717, 1.165) is 17.5 Å². The smallest absolute Gasteiger partial charge is 0.512 e. The summed E-state index contributed by atoms with van der Waals surface area (Å²) >= 11 is 0. The minimum Gasteiger partial charge on any atom is -0.512 e. The summed E-state index contributed by atoms with van der Waals surface area (Å²) in [7, 11) is 0. The second kappa shape index (κ2) is 11.4. The number of allylic oxidation sites excluding steroid dienone is 3. The maximum atomic E-state index is 10.0. The van der Waals surface area contributed by atoms with Crippen molar-refractivity contribution in [2.75, 3.05) is 0 Å². The van der Waals surface area contributed by atoms with Crippen LogP contribution in [0.2, 0.25) is 0 Å². The van der Waals surface area contributed by atoms with E-state index in [4.69, 9.17) is 5.11 Å². The van der Waals surface area contributed by atoms with Gasteiger partial charge in [0.25, 0.3) is 0 Å². The van der Waals surface area contributed by atoms with E-state index < -0.39 is 0 Å². The molecule has 148 valence electrons. The van der Waals surface area contributed by atoms with Crippen molar-refractivity contribution in [1.29, 1.82) is 0 Å². The van der Waals surface area contributed by atoms with Gasteiger partial charge >= 0.3 is 20.1 Å². The van der Waals surface area contributed by atoms with Crippen LogP contribution in [0.5, 0.6) is 0 Å². The van der Waals surface area contributed by atoms with Crippen LogP contribution in [0.15, 0.2) is 54.6 Å². The van der Waals surface area contributed by atoms with E-state index in [-0.39, 0.29) is 46.5 Å². The second-order valence-corrected chi connectivity index (χ2v) is 5.87. The molecule has 0 saturated carbocycles. The van der Waals surface area contributed by atoms with Gasteiger partial charge in [-0.05, 0) is 24.8 Å². The average molecular weight is 554 g/mol. The van der Waals surface area contributed by atoms with Gasteiger partial charge in [0.15, 0.2) is 5.78 Å². The largest absolute Gasteiger partial charge is 3.00 e. The molecule has 1 aliphatic carbocycles. The summed E-state index contributed by atoms with van der Waals surface area (Å²) in [6.07, 6.45) is 12.3. The molecule has 1 N–H and O–H groups in total. The van der Waals surface area contributed by atoms with Crippen molar-refractivity contribution in [1.82, 2.24) is 9.97 Å². The number of carbonyl (C=O) groups excluding carboxylic acids is 1. The van der Waals surface area contributed by atoms with Crippen LogP contribution in [0.3, 0.4) is 0 Å². The minimum absolute atomic E-state index is 0. The SMILES string of the molecule is C1=Cc2c(c3nccnc3c3ccccc23)[CH-]C1.CC(=O)/C=C(/C)O.[CH3-].[CH3-].[Ir+3]. The first-order valence-corrected chi connectivity index (χ1v) is 8.11. The zero-order valence-electron chi connectivity index (χ0n) is 16.6.